The van der Waals surface area contributed by atoms with Crippen LogP contribution in [0.15, 0.2) is 77.9 Å². The Bertz CT molecular complexity index is 2020. The average molecular weight is 639 g/mol. The van der Waals surface area contributed by atoms with E-state index in [-0.39, 0.29) is 12.0 Å². The Morgan fingerprint density at radius 3 is 2.28 bits per heavy atom. The largest absolute Gasteiger partial charge is 0.480 e. The van der Waals surface area contributed by atoms with Crippen LogP contribution in [-0.4, -0.2) is 44.8 Å². The van der Waals surface area contributed by atoms with Gasteiger partial charge in [0, 0.05) is 42.5 Å². The summed E-state index contributed by atoms with van der Waals surface area (Å²) in [5.41, 5.74) is 0.183. The Balaban J connectivity index is 1.45. The first-order chi connectivity index (χ1) is 21.8. The van der Waals surface area contributed by atoms with Gasteiger partial charge in [-0.25, -0.2) is 13.6 Å². The van der Waals surface area contributed by atoms with Gasteiger partial charge in [-0.15, -0.1) is 0 Å². The summed E-state index contributed by atoms with van der Waals surface area (Å²) in [5.74, 6) is -5.83. The normalized spacial score (nSPS) is 13.0. The number of alkyl halides is 3. The highest BCUT2D eigenvalue weighted by atomic mass is 19.4. The van der Waals surface area contributed by atoms with Gasteiger partial charge in [0.25, 0.3) is 11.5 Å². The number of carboxylic acid groups (broad SMARTS) is 1. The lowest BCUT2D eigenvalue weighted by atomic mass is 9.92. The molecule has 1 amide bonds. The van der Waals surface area contributed by atoms with Crippen LogP contribution in [0.25, 0.3) is 32.8 Å². The molecule has 2 atom stereocenters. The van der Waals surface area contributed by atoms with Crippen LogP contribution in [0.2, 0.25) is 0 Å². The summed E-state index contributed by atoms with van der Waals surface area (Å²) >= 11 is 0. The monoisotopic (exact) mass is 638 g/mol. The van der Waals surface area contributed by atoms with Gasteiger partial charge in [0.1, 0.15) is 29.3 Å². The van der Waals surface area contributed by atoms with E-state index in [1.165, 1.54) is 11.5 Å². The van der Waals surface area contributed by atoms with Gasteiger partial charge in [0.2, 0.25) is 0 Å². The molecule has 0 bridgehead atoms. The van der Waals surface area contributed by atoms with E-state index in [9.17, 15) is 41.4 Å². The molecule has 46 heavy (non-hydrogen) atoms. The SMILES string of the molecule is CC[C@@H](Nc1cc(F)c(C(=O)N[C@@H](Cc2ccc(-c3cc4cnccc4n(C)c3=O)c3ccccc23)C(=O)O)c(F)c1)C(F)(F)F. The van der Waals surface area contributed by atoms with Gasteiger partial charge in [-0.3, -0.25) is 14.6 Å². The maximum atomic E-state index is 14.9. The second kappa shape index (κ2) is 12.6. The molecule has 0 saturated heterocycles. The topological polar surface area (TPSA) is 113 Å². The van der Waals surface area contributed by atoms with Crippen LogP contribution < -0.4 is 16.2 Å². The molecule has 0 aliphatic rings. The highest BCUT2D eigenvalue weighted by Crippen LogP contribution is 2.32. The van der Waals surface area contributed by atoms with Crippen LogP contribution in [-0.2, 0) is 18.3 Å². The summed E-state index contributed by atoms with van der Waals surface area (Å²) in [5, 5.41) is 16.0. The number of nitrogens with zero attached hydrogens (tertiary/aromatic N) is 2. The second-order valence-electron chi connectivity index (χ2n) is 10.7. The first kappa shape index (κ1) is 32.1. The predicted octanol–water partition coefficient (Wildman–Crippen LogP) is 6.21. The minimum Gasteiger partial charge on any atom is -0.480 e. The van der Waals surface area contributed by atoms with Crippen LogP contribution in [0.5, 0.6) is 0 Å². The Labute approximate surface area is 258 Å². The van der Waals surface area contributed by atoms with Gasteiger partial charge in [-0.1, -0.05) is 43.3 Å². The molecule has 0 aliphatic heterocycles. The Kier molecular flexibility index (Phi) is 8.77. The molecule has 0 radical (unpaired) electrons. The molecule has 0 aliphatic carbocycles. The number of aliphatic carboxylic acids is 1. The number of hydrogen-bond acceptors (Lipinski definition) is 5. The van der Waals surface area contributed by atoms with Crippen molar-refractivity contribution >= 4 is 39.2 Å². The Hall–Kier alpha value is -5.33. The van der Waals surface area contributed by atoms with Gasteiger partial charge in [0.05, 0.1) is 5.52 Å². The first-order valence-corrected chi connectivity index (χ1v) is 14.1. The predicted molar refractivity (Wildman–Crippen MR) is 163 cm³/mol. The summed E-state index contributed by atoms with van der Waals surface area (Å²) in [7, 11) is 1.64. The Morgan fingerprint density at radius 2 is 1.65 bits per heavy atom. The second-order valence-corrected chi connectivity index (χ2v) is 10.7. The number of fused-ring (bicyclic) bond motifs is 2. The average Bonchev–Trinajstić information content (AvgIpc) is 3.00. The quantitative estimate of drug-likeness (QED) is 0.166. The van der Waals surface area contributed by atoms with E-state index < -0.39 is 59.4 Å². The van der Waals surface area contributed by atoms with Gasteiger partial charge >= 0.3 is 12.1 Å². The fraction of sp³-hybridized carbons (Fsp3) is 0.212. The molecule has 3 aromatic carbocycles. The summed E-state index contributed by atoms with van der Waals surface area (Å²) < 4.78 is 70.6. The van der Waals surface area contributed by atoms with Crippen molar-refractivity contribution in [3.05, 3.63) is 106 Å². The molecular formula is C33H27F5N4O4. The van der Waals surface area contributed by atoms with Gasteiger partial charge < -0.3 is 20.3 Å². The molecule has 238 valence electrons. The molecule has 13 heteroatoms. The Morgan fingerprint density at radius 1 is 0.978 bits per heavy atom. The van der Waals surface area contributed by atoms with E-state index in [1.54, 1.807) is 68.0 Å². The van der Waals surface area contributed by atoms with Crippen molar-refractivity contribution in [3.63, 3.8) is 0 Å². The fourth-order valence-corrected chi connectivity index (χ4v) is 5.43. The third-order valence-corrected chi connectivity index (χ3v) is 7.77. The number of aryl methyl sites for hydroxylation is 1. The maximum Gasteiger partial charge on any atom is 0.408 e. The highest BCUT2D eigenvalue weighted by Gasteiger charge is 2.38. The molecule has 5 aromatic rings. The maximum absolute atomic E-state index is 14.9. The number of amides is 1. The molecular weight excluding hydrogens is 611 g/mol. The molecule has 0 unspecified atom stereocenters. The first-order valence-electron chi connectivity index (χ1n) is 14.1. The number of carbonyl (C=O) groups is 2. The van der Waals surface area contributed by atoms with Crippen LogP contribution in [0.3, 0.4) is 0 Å². The van der Waals surface area contributed by atoms with E-state index in [0.717, 1.165) is 5.39 Å². The number of anilines is 1. The number of pyridine rings is 2. The van der Waals surface area contributed by atoms with Crippen LogP contribution >= 0.6 is 0 Å². The zero-order valence-electron chi connectivity index (χ0n) is 24.5. The summed E-state index contributed by atoms with van der Waals surface area (Å²) in [6.07, 6.45) is -2.18. The van der Waals surface area contributed by atoms with Crippen molar-refractivity contribution in [1.29, 1.82) is 0 Å². The molecule has 2 aromatic heterocycles. The van der Waals surface area contributed by atoms with Crippen molar-refractivity contribution in [2.45, 2.75) is 38.0 Å². The number of hydrogen-bond donors (Lipinski definition) is 3. The number of nitrogens with one attached hydrogen (secondary N) is 2. The van der Waals surface area contributed by atoms with Crippen molar-refractivity contribution in [1.82, 2.24) is 14.9 Å². The fourth-order valence-electron chi connectivity index (χ4n) is 5.43. The number of carboxylic acids is 1. The lowest BCUT2D eigenvalue weighted by Gasteiger charge is -2.22. The summed E-state index contributed by atoms with van der Waals surface area (Å²) in [6, 6.07) is 11.0. The van der Waals surface area contributed by atoms with Crippen molar-refractivity contribution in [2.24, 2.45) is 7.05 Å². The molecule has 0 spiro atoms. The standard InChI is InChI=1S/C33H27F5N4O4/c1-3-28(33(36,37)38)40-19-14-24(34)29(25(35)15-19)30(43)41-26(32(45)46)13-17-8-9-22(21-7-5-4-6-20(17)21)23-12-18-16-39-11-10-27(18)42(2)31(23)44/h4-12,14-16,26,28,40H,3,13H2,1-2H3,(H,41,43)(H,45,46)/t26-,28+/m0/s1. The van der Waals surface area contributed by atoms with E-state index >= 15 is 0 Å². The molecule has 3 N–H and O–H groups in total. The van der Waals surface area contributed by atoms with Gasteiger partial charge in [0.15, 0.2) is 0 Å². The number of carbonyl (C=O) groups excluding carboxylic acids is 1. The highest BCUT2D eigenvalue weighted by molar-refractivity contribution is 6.01. The number of aromatic nitrogens is 2. The van der Waals surface area contributed by atoms with E-state index in [1.807, 2.05) is 5.32 Å². The van der Waals surface area contributed by atoms with E-state index in [0.29, 0.717) is 45.1 Å². The molecule has 8 nitrogen and oxygen atoms in total. The van der Waals surface area contributed by atoms with Crippen molar-refractivity contribution < 1.29 is 36.6 Å². The lowest BCUT2D eigenvalue weighted by Crippen LogP contribution is -2.43. The zero-order chi connectivity index (χ0) is 33.3. The van der Waals surface area contributed by atoms with E-state index in [2.05, 4.69) is 10.3 Å². The lowest BCUT2D eigenvalue weighted by molar-refractivity contribution is -0.143. The van der Waals surface area contributed by atoms with Crippen LogP contribution in [0, 0.1) is 11.6 Å². The van der Waals surface area contributed by atoms with E-state index in [4.69, 9.17) is 0 Å². The van der Waals surface area contributed by atoms with Gasteiger partial charge in [-0.05, 0) is 52.6 Å². The molecule has 2 heterocycles. The smallest absolute Gasteiger partial charge is 0.408 e. The summed E-state index contributed by atoms with van der Waals surface area (Å²) in [4.78, 5) is 42.6. The van der Waals surface area contributed by atoms with Gasteiger partial charge in [-0.2, -0.15) is 13.2 Å². The number of rotatable bonds is 9. The number of benzene rings is 3. The van der Waals surface area contributed by atoms with Crippen molar-refractivity contribution in [3.8, 4) is 11.1 Å². The minimum atomic E-state index is -4.68. The molecule has 0 saturated carbocycles. The zero-order valence-corrected chi connectivity index (χ0v) is 24.5. The third kappa shape index (κ3) is 6.25. The third-order valence-electron chi connectivity index (χ3n) is 7.77. The summed E-state index contributed by atoms with van der Waals surface area (Å²) in [6.45, 7) is 1.24. The minimum absolute atomic E-state index is 0.263. The molecule has 5 rings (SSSR count). The van der Waals surface area contributed by atoms with Crippen molar-refractivity contribution in [2.75, 3.05) is 5.32 Å². The van der Waals surface area contributed by atoms with Crippen LogP contribution in [0.1, 0.15) is 29.3 Å². The van der Waals surface area contributed by atoms with Crippen LogP contribution in [0.4, 0.5) is 27.6 Å². The molecule has 0 fully saturated rings. The number of halogens is 5.